The van der Waals surface area contributed by atoms with Gasteiger partial charge in [-0.25, -0.2) is 9.37 Å². The summed E-state index contributed by atoms with van der Waals surface area (Å²) in [5, 5.41) is 27.2. The molecule has 13 nitrogen and oxygen atoms in total. The largest absolute Gasteiger partial charge is 0.508 e. The van der Waals surface area contributed by atoms with Gasteiger partial charge in [0.25, 0.3) is 0 Å². The molecule has 0 saturated carbocycles. The van der Waals surface area contributed by atoms with Gasteiger partial charge in [0.15, 0.2) is 5.75 Å². The first-order valence-corrected chi connectivity index (χ1v) is 24.1. The molecule has 3 atom stereocenters. The number of benzene rings is 4. The van der Waals surface area contributed by atoms with Gasteiger partial charge in [0, 0.05) is 55.8 Å². The Balaban J connectivity index is 0.779. The van der Waals surface area contributed by atoms with Crippen LogP contribution in [-0.2, 0) is 30.3 Å². The quantitative estimate of drug-likeness (QED) is 0.0513. The van der Waals surface area contributed by atoms with Crippen molar-refractivity contribution in [3.63, 3.8) is 0 Å². The Hall–Kier alpha value is -5.91. The second kappa shape index (κ2) is 22.7. The number of carbonyl (C=O) groups excluding carboxylic acids is 3. The number of aromatic nitrogens is 1. The number of aromatic hydroxyl groups is 1. The van der Waals surface area contributed by atoms with Gasteiger partial charge < -0.3 is 44.7 Å². The Bertz CT molecular complexity index is 2590. The van der Waals surface area contributed by atoms with Gasteiger partial charge in [0.1, 0.15) is 41.8 Å². The Morgan fingerprint density at radius 2 is 1.55 bits per heavy atom. The van der Waals surface area contributed by atoms with E-state index in [1.807, 2.05) is 87.8 Å². The number of ether oxygens (including phenoxy) is 4. The van der Waals surface area contributed by atoms with E-state index in [-0.39, 0.29) is 43.7 Å². The SMILES string of the molecule is Cc1ncsc1-c1ccc(CCNC(=O)[C@@H]2C[C@H](O)CN2C(=O)[C@@H](NC(=O)COCCCOCCCOc2ccc(Oc3c(-c4ccc(F)cc4)sc4cc(O)ccc34)cc2)C(C)(C)C)cc1. The molecule has 16 heteroatoms. The standard InChI is InChI=1S/C51H57FN4O9S2/c1-32-46(66-31-54-32)34-9-7-33(8-10-34)21-22-53-49(60)42-27-38(58)29-56(42)50(61)48(51(2,3)4)55-44(59)30-63-25-5-23-62-24-6-26-64-39-16-18-40(19-17-39)65-45-41-20-15-37(57)28-43(41)67-47(45)35-11-13-36(52)14-12-35/h7-20,28,31,38,42,48,57-58H,5-6,21-27,29-30H2,1-4H3,(H,53,60)(H,55,59)/t38-,42-,48+/m0/s1. The van der Waals surface area contributed by atoms with Crippen LogP contribution < -0.4 is 20.1 Å². The molecule has 2 aromatic heterocycles. The predicted octanol–water partition coefficient (Wildman–Crippen LogP) is 8.68. The molecule has 3 heterocycles. The van der Waals surface area contributed by atoms with Gasteiger partial charge in [-0.1, -0.05) is 57.2 Å². The first-order chi connectivity index (χ1) is 32.2. The lowest BCUT2D eigenvalue weighted by Crippen LogP contribution is -2.58. The smallest absolute Gasteiger partial charge is 0.246 e. The van der Waals surface area contributed by atoms with E-state index < -0.39 is 35.4 Å². The molecule has 0 aliphatic carbocycles. The maximum Gasteiger partial charge on any atom is 0.246 e. The van der Waals surface area contributed by atoms with Crippen molar-refractivity contribution in [2.45, 2.75) is 71.6 Å². The van der Waals surface area contributed by atoms with Crippen molar-refractivity contribution in [1.29, 1.82) is 0 Å². The van der Waals surface area contributed by atoms with Crippen LogP contribution in [0, 0.1) is 18.2 Å². The minimum absolute atomic E-state index is 0.00578. The maximum atomic E-state index is 13.9. The molecule has 7 rings (SSSR count). The van der Waals surface area contributed by atoms with Gasteiger partial charge in [-0.05, 0) is 96.5 Å². The highest BCUT2D eigenvalue weighted by Crippen LogP contribution is 2.47. The predicted molar refractivity (Wildman–Crippen MR) is 258 cm³/mol. The van der Waals surface area contributed by atoms with Gasteiger partial charge in [-0.2, -0.15) is 0 Å². The summed E-state index contributed by atoms with van der Waals surface area (Å²) in [5.74, 6) is 0.482. The van der Waals surface area contributed by atoms with Crippen LogP contribution >= 0.6 is 22.7 Å². The van der Waals surface area contributed by atoms with Crippen LogP contribution in [0.1, 0.15) is 51.3 Å². The number of halogens is 1. The molecule has 4 aromatic carbocycles. The number of likely N-dealkylation sites (tertiary alicyclic amines) is 1. The molecule has 1 aliphatic heterocycles. The molecular weight excluding hydrogens is 896 g/mol. The first-order valence-electron chi connectivity index (χ1n) is 22.4. The molecular formula is C51H57FN4O9S2. The van der Waals surface area contributed by atoms with Crippen molar-refractivity contribution in [2.24, 2.45) is 5.41 Å². The number of nitrogens with zero attached hydrogens (tertiary/aromatic N) is 2. The van der Waals surface area contributed by atoms with E-state index in [9.17, 15) is 29.0 Å². The molecule has 1 saturated heterocycles. The topological polar surface area (TPSA) is 169 Å². The third-order valence-corrected chi connectivity index (χ3v) is 13.4. The number of aryl methyl sites for hydroxylation is 1. The number of β-amino-alcohol motifs (C(OH)–C–C–N with tert-alkyl or cyclic N) is 1. The summed E-state index contributed by atoms with van der Waals surface area (Å²) < 4.78 is 38.1. The number of hydrogen-bond donors (Lipinski definition) is 4. The van der Waals surface area contributed by atoms with Crippen molar-refractivity contribution in [2.75, 3.05) is 46.1 Å². The van der Waals surface area contributed by atoms with Gasteiger partial charge >= 0.3 is 0 Å². The Kier molecular flexibility index (Phi) is 16.6. The number of thiophene rings is 1. The Labute approximate surface area is 397 Å². The van der Waals surface area contributed by atoms with E-state index in [1.165, 1.54) is 28.4 Å². The zero-order chi connectivity index (χ0) is 47.5. The fourth-order valence-electron chi connectivity index (χ4n) is 7.73. The van der Waals surface area contributed by atoms with Crippen LogP contribution in [0.4, 0.5) is 4.39 Å². The van der Waals surface area contributed by atoms with E-state index in [0.29, 0.717) is 62.9 Å². The first kappa shape index (κ1) is 49.0. The average molecular weight is 953 g/mol. The zero-order valence-corrected chi connectivity index (χ0v) is 39.7. The van der Waals surface area contributed by atoms with E-state index in [1.54, 1.807) is 35.6 Å². The van der Waals surface area contributed by atoms with Crippen molar-refractivity contribution in [1.82, 2.24) is 20.5 Å². The number of nitrogens with one attached hydrogen (secondary N) is 2. The Morgan fingerprint density at radius 1 is 0.881 bits per heavy atom. The van der Waals surface area contributed by atoms with Gasteiger partial charge in [0.05, 0.1) is 33.7 Å². The molecule has 67 heavy (non-hydrogen) atoms. The number of rotatable bonds is 21. The third-order valence-electron chi connectivity index (χ3n) is 11.2. The summed E-state index contributed by atoms with van der Waals surface area (Å²) >= 11 is 3.05. The highest BCUT2D eigenvalue weighted by molar-refractivity contribution is 7.22. The van der Waals surface area contributed by atoms with Crippen molar-refractivity contribution < 1.29 is 47.9 Å². The van der Waals surface area contributed by atoms with E-state index in [0.717, 1.165) is 42.2 Å². The molecule has 6 aromatic rings. The molecule has 0 spiro atoms. The molecule has 0 unspecified atom stereocenters. The fourth-order valence-corrected chi connectivity index (χ4v) is 9.71. The third kappa shape index (κ3) is 13.2. The fraction of sp³-hybridized carbons (Fsp3) is 0.373. The summed E-state index contributed by atoms with van der Waals surface area (Å²) in [5.41, 5.74) is 5.08. The van der Waals surface area contributed by atoms with Crippen LogP contribution in [0.3, 0.4) is 0 Å². The van der Waals surface area contributed by atoms with Gasteiger partial charge in [-0.3, -0.25) is 14.4 Å². The molecule has 3 amide bonds. The van der Waals surface area contributed by atoms with Crippen LogP contribution in [-0.4, -0.2) is 102 Å². The highest BCUT2D eigenvalue weighted by Gasteiger charge is 2.44. The lowest BCUT2D eigenvalue weighted by Gasteiger charge is -2.35. The molecule has 354 valence electrons. The number of amides is 3. The average Bonchev–Trinajstić information content (AvgIpc) is 4.02. The van der Waals surface area contributed by atoms with E-state index in [2.05, 4.69) is 15.6 Å². The summed E-state index contributed by atoms with van der Waals surface area (Å²) in [4.78, 5) is 48.0. The van der Waals surface area contributed by atoms with Crippen LogP contribution in [0.2, 0.25) is 0 Å². The zero-order valence-electron chi connectivity index (χ0n) is 38.1. The molecule has 0 radical (unpaired) electrons. The minimum Gasteiger partial charge on any atom is -0.508 e. The second-order valence-corrected chi connectivity index (χ2v) is 19.4. The summed E-state index contributed by atoms with van der Waals surface area (Å²) in [6.45, 7) is 9.20. The summed E-state index contributed by atoms with van der Waals surface area (Å²) in [7, 11) is 0. The second-order valence-electron chi connectivity index (χ2n) is 17.5. The van der Waals surface area contributed by atoms with Gasteiger partial charge in [0.2, 0.25) is 17.7 Å². The van der Waals surface area contributed by atoms with Crippen LogP contribution in [0.25, 0.3) is 31.0 Å². The maximum absolute atomic E-state index is 13.9. The molecule has 0 bridgehead atoms. The summed E-state index contributed by atoms with van der Waals surface area (Å²) in [6.07, 6.45) is 1.06. The highest BCUT2D eigenvalue weighted by atomic mass is 32.1. The summed E-state index contributed by atoms with van der Waals surface area (Å²) in [6, 6.07) is 24.9. The Morgan fingerprint density at radius 3 is 2.25 bits per heavy atom. The normalized spacial score (nSPS) is 15.4. The lowest BCUT2D eigenvalue weighted by atomic mass is 9.85. The number of aliphatic hydroxyl groups is 1. The molecule has 4 N–H and O–H groups in total. The number of carbonyl (C=O) groups is 3. The monoisotopic (exact) mass is 952 g/mol. The number of phenolic OH excluding ortho intramolecular Hbond substituents is 1. The van der Waals surface area contributed by atoms with E-state index in [4.69, 9.17) is 18.9 Å². The van der Waals surface area contributed by atoms with Crippen LogP contribution in [0.15, 0.2) is 96.5 Å². The van der Waals surface area contributed by atoms with Crippen LogP contribution in [0.5, 0.6) is 23.0 Å². The molecule has 1 aliphatic rings. The van der Waals surface area contributed by atoms with E-state index >= 15 is 0 Å². The number of aliphatic hydroxyl groups excluding tert-OH is 1. The molecule has 1 fully saturated rings. The lowest BCUT2D eigenvalue weighted by molar-refractivity contribution is -0.144. The number of phenols is 1. The van der Waals surface area contributed by atoms with Crippen molar-refractivity contribution in [3.05, 3.63) is 114 Å². The van der Waals surface area contributed by atoms with Crippen molar-refractivity contribution in [3.8, 4) is 43.9 Å². The number of thiazole rings is 1. The van der Waals surface area contributed by atoms with Gasteiger partial charge in [-0.15, -0.1) is 22.7 Å². The number of hydrogen-bond acceptors (Lipinski definition) is 12. The van der Waals surface area contributed by atoms with Crippen molar-refractivity contribution >= 4 is 50.5 Å². The number of fused-ring (bicyclic) bond motifs is 1. The minimum atomic E-state index is -0.951.